The Labute approximate surface area is 304 Å². The van der Waals surface area contributed by atoms with Crippen molar-refractivity contribution in [2.75, 3.05) is 0 Å². The molecule has 0 aliphatic carbocycles. The van der Waals surface area contributed by atoms with Crippen molar-refractivity contribution in [1.82, 2.24) is 19.3 Å². The third-order valence-corrected chi connectivity index (χ3v) is 8.90. The molecule has 0 fully saturated rings. The van der Waals surface area contributed by atoms with Gasteiger partial charge >= 0.3 is 21.1 Å². The zero-order chi connectivity index (χ0) is 33.4. The van der Waals surface area contributed by atoms with Crippen LogP contribution in [0.25, 0.3) is 44.4 Å². The molecule has 3 heterocycles. The van der Waals surface area contributed by atoms with Crippen molar-refractivity contribution >= 4 is 21.8 Å². The zero-order valence-electron chi connectivity index (χ0n) is 29.0. The summed E-state index contributed by atoms with van der Waals surface area (Å²) in [4.78, 5) is 4.70. The normalized spacial score (nSPS) is 11.5. The molecule has 5 nitrogen and oxygen atoms in total. The minimum atomic E-state index is 0. The number of aromatic nitrogens is 4. The Bertz CT molecular complexity index is 2240. The van der Waals surface area contributed by atoms with Crippen molar-refractivity contribution in [2.24, 2.45) is 11.8 Å². The fourth-order valence-corrected chi connectivity index (χ4v) is 6.83. The summed E-state index contributed by atoms with van der Waals surface area (Å²) in [6.45, 7) is 13.5. The number of hydrogen-bond acceptors (Lipinski definition) is 3. The van der Waals surface area contributed by atoms with Gasteiger partial charge in [0.1, 0.15) is 5.82 Å². The monoisotopic (exact) mass is 825 g/mol. The molecule has 3 aromatic heterocycles. The van der Waals surface area contributed by atoms with Crippen molar-refractivity contribution in [3.8, 4) is 34.1 Å². The average Bonchev–Trinajstić information content (AvgIpc) is 3.68. The summed E-state index contributed by atoms with van der Waals surface area (Å²) >= 11 is 0. The molecular formula is C43H42N4OPt. The number of benzene rings is 4. The molecule has 49 heavy (non-hydrogen) atoms. The largest absolute Gasteiger partial charge is 2.00 e. The van der Waals surface area contributed by atoms with Crippen LogP contribution in [0.4, 0.5) is 0 Å². The molecular weight excluding hydrogens is 784 g/mol. The molecule has 0 unspecified atom stereocenters. The molecule has 0 amide bonds. The van der Waals surface area contributed by atoms with Gasteiger partial charge < -0.3 is 9.30 Å². The Kier molecular flexibility index (Phi) is 10.2. The van der Waals surface area contributed by atoms with Crippen molar-refractivity contribution < 1.29 is 25.8 Å². The molecule has 0 radical (unpaired) electrons. The van der Waals surface area contributed by atoms with E-state index >= 15 is 0 Å². The molecule has 0 N–H and O–H groups in total. The number of para-hydroxylation sites is 1. The van der Waals surface area contributed by atoms with E-state index in [1.807, 2.05) is 47.4 Å². The van der Waals surface area contributed by atoms with E-state index in [-0.39, 0.29) is 21.1 Å². The molecule has 0 aliphatic heterocycles. The average molecular weight is 826 g/mol. The second-order valence-corrected chi connectivity index (χ2v) is 13.6. The second kappa shape index (κ2) is 14.6. The predicted octanol–water partition coefficient (Wildman–Crippen LogP) is 10.7. The number of rotatable bonds is 10. The first-order valence-electron chi connectivity index (χ1n) is 17.1. The van der Waals surface area contributed by atoms with Gasteiger partial charge in [0.25, 0.3) is 0 Å². The Balaban J connectivity index is 0.00000417. The van der Waals surface area contributed by atoms with Gasteiger partial charge in [-0.3, -0.25) is 4.68 Å². The number of aryl methyl sites for hydroxylation is 2. The van der Waals surface area contributed by atoms with Crippen LogP contribution in [-0.2, 0) is 40.3 Å². The van der Waals surface area contributed by atoms with Crippen LogP contribution in [0.3, 0.4) is 0 Å². The van der Waals surface area contributed by atoms with Crippen LogP contribution in [0, 0.1) is 30.9 Å². The maximum atomic E-state index is 6.42. The zero-order valence-corrected chi connectivity index (χ0v) is 31.3. The molecule has 0 atom stereocenters. The topological polar surface area (TPSA) is 44.9 Å². The van der Waals surface area contributed by atoms with E-state index in [1.165, 1.54) is 22.3 Å². The minimum Gasteiger partial charge on any atom is -0.509 e. The van der Waals surface area contributed by atoms with Crippen molar-refractivity contribution in [1.29, 1.82) is 0 Å². The molecule has 6 heteroatoms. The fourth-order valence-electron chi connectivity index (χ4n) is 6.83. The third kappa shape index (κ3) is 7.00. The summed E-state index contributed by atoms with van der Waals surface area (Å²) in [5.41, 5.74) is 10.7. The van der Waals surface area contributed by atoms with E-state index in [0.717, 1.165) is 63.7 Å². The number of nitrogens with zero attached hydrogens (tertiary/aromatic N) is 4. The van der Waals surface area contributed by atoms with E-state index in [4.69, 9.17) is 14.8 Å². The molecule has 7 rings (SSSR count). The van der Waals surface area contributed by atoms with Gasteiger partial charge in [0, 0.05) is 35.0 Å². The molecule has 250 valence electrons. The van der Waals surface area contributed by atoms with Gasteiger partial charge in [0.05, 0.1) is 6.20 Å². The predicted molar refractivity (Wildman–Crippen MR) is 197 cm³/mol. The summed E-state index contributed by atoms with van der Waals surface area (Å²) in [5.74, 6) is 3.19. The van der Waals surface area contributed by atoms with Crippen LogP contribution in [0.15, 0.2) is 97.5 Å². The number of pyridine rings is 1. The molecule has 4 aromatic carbocycles. The summed E-state index contributed by atoms with van der Waals surface area (Å²) in [6, 6.07) is 34.2. The van der Waals surface area contributed by atoms with E-state index in [1.54, 1.807) is 0 Å². The van der Waals surface area contributed by atoms with E-state index in [0.29, 0.717) is 23.3 Å². The fraction of sp³-hybridized carbons (Fsp3) is 0.256. The van der Waals surface area contributed by atoms with Gasteiger partial charge in [-0.25, -0.2) is 4.98 Å². The minimum absolute atomic E-state index is 0. The SMILES string of the molecule is CCc1ccc(CC(C)C)c(-c2cnn(-c3[c-]c(Oc4[c-]c5c(cc4)c4ccccc4n5-c4cc(C)ccn4)ccc3)c2)c1CC(C)C.[Pt+2]. The van der Waals surface area contributed by atoms with E-state index < -0.39 is 0 Å². The quantitative estimate of drug-likeness (QED) is 0.129. The Morgan fingerprint density at radius 2 is 1.57 bits per heavy atom. The van der Waals surface area contributed by atoms with Gasteiger partial charge in [0.15, 0.2) is 0 Å². The van der Waals surface area contributed by atoms with Crippen LogP contribution >= 0.6 is 0 Å². The number of hydrogen-bond donors (Lipinski definition) is 0. The van der Waals surface area contributed by atoms with E-state index in [9.17, 15) is 0 Å². The van der Waals surface area contributed by atoms with Gasteiger partial charge in [-0.1, -0.05) is 70.5 Å². The van der Waals surface area contributed by atoms with Crippen LogP contribution in [0.1, 0.15) is 56.9 Å². The van der Waals surface area contributed by atoms with E-state index in [2.05, 4.69) is 113 Å². The first-order chi connectivity index (χ1) is 23.3. The summed E-state index contributed by atoms with van der Waals surface area (Å²) in [5, 5.41) is 7.09. The van der Waals surface area contributed by atoms with Crippen molar-refractivity contribution in [3.63, 3.8) is 0 Å². The van der Waals surface area contributed by atoms with Gasteiger partial charge in [-0.05, 0) is 95.1 Å². The summed E-state index contributed by atoms with van der Waals surface area (Å²) in [6.07, 6.45) is 9.09. The molecule has 0 bridgehead atoms. The molecule has 0 spiro atoms. The Hall–Kier alpha value is -4.47. The third-order valence-electron chi connectivity index (χ3n) is 8.90. The number of ether oxygens (including phenoxy) is 1. The first kappa shape index (κ1) is 34.4. The van der Waals surface area contributed by atoms with Crippen LogP contribution in [-0.4, -0.2) is 19.3 Å². The maximum Gasteiger partial charge on any atom is 2.00 e. The number of fused-ring (bicyclic) bond motifs is 3. The summed E-state index contributed by atoms with van der Waals surface area (Å²) < 4.78 is 10.5. The second-order valence-electron chi connectivity index (χ2n) is 13.6. The molecule has 7 aromatic rings. The Morgan fingerprint density at radius 3 is 2.35 bits per heavy atom. The van der Waals surface area contributed by atoms with Crippen molar-refractivity contribution in [3.05, 3.63) is 132 Å². The first-order valence-corrected chi connectivity index (χ1v) is 17.1. The molecule has 0 saturated carbocycles. The van der Waals surface area contributed by atoms with Crippen LogP contribution in [0.5, 0.6) is 11.5 Å². The van der Waals surface area contributed by atoms with Gasteiger partial charge in [0.2, 0.25) is 0 Å². The smallest absolute Gasteiger partial charge is 0.509 e. The van der Waals surface area contributed by atoms with Gasteiger partial charge in [-0.15, -0.1) is 35.7 Å². The van der Waals surface area contributed by atoms with Gasteiger partial charge in [-0.2, -0.15) is 17.2 Å². The molecule has 0 saturated heterocycles. The Morgan fingerprint density at radius 1 is 0.796 bits per heavy atom. The van der Waals surface area contributed by atoms with Crippen LogP contribution in [0.2, 0.25) is 0 Å². The maximum absolute atomic E-state index is 6.42. The van der Waals surface area contributed by atoms with Crippen LogP contribution < -0.4 is 4.74 Å². The molecule has 0 aliphatic rings. The standard InChI is InChI=1S/C43H42N4O.Pt/c1-7-31-15-16-32(21-28(2)3)43(39(31)22-29(4)5)33-26-45-46(27-33)34-11-10-12-35(24-34)48-36-17-18-38-37-13-8-9-14-40(37)47(41(38)25-36)42-23-30(6)19-20-44-42;/h8-20,23,26-29H,7,21-22H2,1-6H3;/q-2;+2. The van der Waals surface area contributed by atoms with Crippen molar-refractivity contribution in [2.45, 2.75) is 60.8 Å². The summed E-state index contributed by atoms with van der Waals surface area (Å²) in [7, 11) is 0.